The molecule has 0 amide bonds. The van der Waals surface area contributed by atoms with Gasteiger partial charge < -0.3 is 5.11 Å². The Kier molecular flexibility index (Phi) is 3.15. The Balaban J connectivity index is 2.20. The molecule has 1 unspecified atom stereocenters. The molecule has 0 aliphatic carbocycles. The third kappa shape index (κ3) is 2.82. The monoisotopic (exact) mass is 255 g/mol. The molecule has 1 aromatic rings. The van der Waals surface area contributed by atoms with Crippen LogP contribution in [0.4, 0.5) is 0 Å². The van der Waals surface area contributed by atoms with Gasteiger partial charge in [-0.25, -0.2) is 13.2 Å². The van der Waals surface area contributed by atoms with Gasteiger partial charge in [-0.05, 0) is 25.0 Å². The summed E-state index contributed by atoms with van der Waals surface area (Å²) in [6.45, 7) is 0. The van der Waals surface area contributed by atoms with E-state index in [1.807, 2.05) is 0 Å². The highest BCUT2D eigenvalue weighted by Crippen LogP contribution is 2.26. The van der Waals surface area contributed by atoms with Gasteiger partial charge in [0.25, 0.3) is 0 Å². The normalized spacial score (nSPS) is 23.2. The summed E-state index contributed by atoms with van der Waals surface area (Å²) in [6, 6.07) is 3.07. The van der Waals surface area contributed by atoms with Crippen molar-refractivity contribution in [2.45, 2.75) is 18.8 Å². The molecule has 1 aliphatic rings. The maximum Gasteiger partial charge on any atom is 0.337 e. The fraction of sp³-hybridized carbons (Fsp3) is 0.455. The fourth-order valence-electron chi connectivity index (χ4n) is 2.03. The summed E-state index contributed by atoms with van der Waals surface area (Å²) in [7, 11) is -2.96. The lowest BCUT2D eigenvalue weighted by molar-refractivity contribution is 0.0696. The summed E-state index contributed by atoms with van der Waals surface area (Å²) in [4.78, 5) is 14.7. The smallest absolute Gasteiger partial charge is 0.337 e. The van der Waals surface area contributed by atoms with Gasteiger partial charge in [-0.2, -0.15) is 0 Å². The van der Waals surface area contributed by atoms with Gasteiger partial charge in [-0.3, -0.25) is 4.98 Å². The number of aromatic nitrogens is 1. The van der Waals surface area contributed by atoms with Crippen LogP contribution >= 0.6 is 0 Å². The number of hydrogen-bond acceptors (Lipinski definition) is 4. The van der Waals surface area contributed by atoms with Crippen LogP contribution in [0.1, 0.15) is 34.8 Å². The minimum atomic E-state index is -2.96. The first-order chi connectivity index (χ1) is 7.98. The van der Waals surface area contributed by atoms with Crippen LogP contribution in [0, 0.1) is 0 Å². The van der Waals surface area contributed by atoms with E-state index < -0.39 is 15.8 Å². The molecule has 2 rings (SSSR count). The van der Waals surface area contributed by atoms with Crippen molar-refractivity contribution in [2.75, 3.05) is 11.5 Å². The Morgan fingerprint density at radius 3 is 2.71 bits per heavy atom. The van der Waals surface area contributed by atoms with E-state index in [2.05, 4.69) is 4.98 Å². The minimum absolute atomic E-state index is 0.100. The van der Waals surface area contributed by atoms with E-state index in [9.17, 15) is 13.2 Å². The van der Waals surface area contributed by atoms with E-state index in [1.165, 1.54) is 12.3 Å². The molecule has 1 saturated heterocycles. The number of sulfone groups is 1. The Hall–Kier alpha value is -1.43. The summed E-state index contributed by atoms with van der Waals surface area (Å²) >= 11 is 0. The summed E-state index contributed by atoms with van der Waals surface area (Å²) in [5, 5.41) is 8.73. The topological polar surface area (TPSA) is 84.3 Å². The van der Waals surface area contributed by atoms with Crippen LogP contribution in [-0.4, -0.2) is 36.0 Å². The molecule has 0 aromatic carbocycles. The molecule has 1 atom stereocenters. The highest BCUT2D eigenvalue weighted by Gasteiger charge is 2.26. The van der Waals surface area contributed by atoms with Crippen LogP contribution in [0.25, 0.3) is 0 Å². The molecular formula is C11H13NO4S. The summed E-state index contributed by atoms with van der Waals surface area (Å²) in [5.74, 6) is -0.764. The molecule has 0 bridgehead atoms. The molecule has 1 aromatic heterocycles. The standard InChI is InChI=1S/C11H13NO4S/c13-11(14)8-3-4-10(12-6-8)9-2-1-5-17(15,16)7-9/h3-4,6,9H,1-2,5,7H2,(H,13,14). The predicted molar refractivity (Wildman–Crippen MR) is 61.8 cm³/mol. The first-order valence-electron chi connectivity index (χ1n) is 5.37. The Labute approximate surface area is 99.4 Å². The van der Waals surface area contributed by atoms with E-state index in [4.69, 9.17) is 5.11 Å². The quantitative estimate of drug-likeness (QED) is 0.854. The number of nitrogens with zero attached hydrogens (tertiary/aromatic N) is 1. The van der Waals surface area contributed by atoms with Crippen molar-refractivity contribution in [3.63, 3.8) is 0 Å². The van der Waals surface area contributed by atoms with Crippen LogP contribution < -0.4 is 0 Å². The molecule has 5 nitrogen and oxygen atoms in total. The van der Waals surface area contributed by atoms with Gasteiger partial charge in [0.15, 0.2) is 9.84 Å². The van der Waals surface area contributed by atoms with Crippen LogP contribution in [0.3, 0.4) is 0 Å². The summed E-state index contributed by atoms with van der Waals surface area (Å²) < 4.78 is 23.0. The zero-order chi connectivity index (χ0) is 12.5. The fourth-order valence-corrected chi connectivity index (χ4v) is 3.75. The average Bonchev–Trinajstić information content (AvgIpc) is 2.28. The molecule has 0 saturated carbocycles. The first-order valence-corrected chi connectivity index (χ1v) is 7.20. The summed E-state index contributed by atoms with van der Waals surface area (Å²) in [5.41, 5.74) is 0.783. The predicted octanol–water partition coefficient (Wildman–Crippen LogP) is 1.07. The van der Waals surface area contributed by atoms with Gasteiger partial charge in [-0.15, -0.1) is 0 Å². The van der Waals surface area contributed by atoms with Crippen LogP contribution in [-0.2, 0) is 9.84 Å². The number of carboxylic acid groups (broad SMARTS) is 1. The van der Waals surface area contributed by atoms with E-state index >= 15 is 0 Å². The minimum Gasteiger partial charge on any atom is -0.478 e. The zero-order valence-electron chi connectivity index (χ0n) is 9.17. The third-order valence-electron chi connectivity index (χ3n) is 2.91. The van der Waals surface area contributed by atoms with E-state index in [0.717, 1.165) is 6.42 Å². The van der Waals surface area contributed by atoms with Crippen molar-refractivity contribution in [2.24, 2.45) is 0 Å². The lowest BCUT2D eigenvalue weighted by Gasteiger charge is -2.21. The summed E-state index contributed by atoms with van der Waals surface area (Å²) in [6.07, 6.45) is 2.72. The maximum absolute atomic E-state index is 11.5. The largest absolute Gasteiger partial charge is 0.478 e. The van der Waals surface area contributed by atoms with Gasteiger partial charge in [0, 0.05) is 17.8 Å². The Morgan fingerprint density at radius 1 is 1.41 bits per heavy atom. The zero-order valence-corrected chi connectivity index (χ0v) is 9.98. The Morgan fingerprint density at radius 2 is 2.18 bits per heavy atom. The third-order valence-corrected chi connectivity index (χ3v) is 4.74. The molecule has 0 spiro atoms. The molecular weight excluding hydrogens is 242 g/mol. The van der Waals surface area contributed by atoms with Gasteiger partial charge in [0.05, 0.1) is 17.1 Å². The lowest BCUT2D eigenvalue weighted by Crippen LogP contribution is -2.24. The van der Waals surface area contributed by atoms with Crippen molar-refractivity contribution in [3.05, 3.63) is 29.6 Å². The molecule has 0 radical (unpaired) electrons. The Bertz CT molecular complexity index is 521. The van der Waals surface area contributed by atoms with Crippen molar-refractivity contribution in [1.82, 2.24) is 4.98 Å². The number of pyridine rings is 1. The van der Waals surface area contributed by atoms with Crippen molar-refractivity contribution >= 4 is 15.8 Å². The van der Waals surface area contributed by atoms with Crippen LogP contribution in [0.2, 0.25) is 0 Å². The second-order valence-electron chi connectivity index (χ2n) is 4.23. The number of rotatable bonds is 2. The average molecular weight is 255 g/mol. The van der Waals surface area contributed by atoms with Gasteiger partial charge in [-0.1, -0.05) is 0 Å². The maximum atomic E-state index is 11.5. The molecule has 1 N–H and O–H groups in total. The molecule has 17 heavy (non-hydrogen) atoms. The highest BCUT2D eigenvalue weighted by atomic mass is 32.2. The second-order valence-corrected chi connectivity index (χ2v) is 6.46. The second kappa shape index (κ2) is 4.44. The number of aromatic carboxylic acids is 1. The van der Waals surface area contributed by atoms with Gasteiger partial charge >= 0.3 is 5.97 Å². The van der Waals surface area contributed by atoms with Crippen molar-refractivity contribution < 1.29 is 18.3 Å². The van der Waals surface area contributed by atoms with Crippen molar-refractivity contribution in [1.29, 1.82) is 0 Å². The van der Waals surface area contributed by atoms with E-state index in [0.29, 0.717) is 12.1 Å². The van der Waals surface area contributed by atoms with Gasteiger partial charge in [0.2, 0.25) is 0 Å². The van der Waals surface area contributed by atoms with Gasteiger partial charge in [0.1, 0.15) is 0 Å². The lowest BCUT2D eigenvalue weighted by atomic mass is 10.0. The molecule has 92 valence electrons. The number of hydrogen-bond donors (Lipinski definition) is 1. The SMILES string of the molecule is O=C(O)c1ccc(C2CCCS(=O)(=O)C2)nc1. The molecule has 1 fully saturated rings. The molecule has 2 heterocycles. The number of carboxylic acids is 1. The number of carbonyl (C=O) groups is 1. The van der Waals surface area contributed by atoms with Crippen molar-refractivity contribution in [3.8, 4) is 0 Å². The molecule has 1 aliphatic heterocycles. The van der Waals surface area contributed by atoms with Crippen LogP contribution in [0.5, 0.6) is 0 Å². The first kappa shape index (κ1) is 12.0. The van der Waals surface area contributed by atoms with Crippen LogP contribution in [0.15, 0.2) is 18.3 Å². The van der Waals surface area contributed by atoms with E-state index in [-0.39, 0.29) is 23.0 Å². The molecule has 6 heteroatoms. The van der Waals surface area contributed by atoms with E-state index in [1.54, 1.807) is 6.07 Å². The highest BCUT2D eigenvalue weighted by molar-refractivity contribution is 7.91.